The summed E-state index contributed by atoms with van der Waals surface area (Å²) in [6.07, 6.45) is 2.90. The normalized spacial score (nSPS) is 12.3. The fourth-order valence-corrected chi connectivity index (χ4v) is 2.91. The number of benzene rings is 1. The van der Waals surface area contributed by atoms with E-state index in [-0.39, 0.29) is 0 Å². The number of aryl methyl sites for hydroxylation is 1. The Morgan fingerprint density at radius 1 is 1.18 bits per heavy atom. The van der Waals surface area contributed by atoms with Crippen LogP contribution in [0.1, 0.15) is 17.2 Å². The maximum absolute atomic E-state index is 10.3. The Kier molecular flexibility index (Phi) is 4.50. The summed E-state index contributed by atoms with van der Waals surface area (Å²) in [7, 11) is 0. The van der Waals surface area contributed by atoms with Crippen molar-refractivity contribution in [2.75, 3.05) is 5.75 Å². The van der Waals surface area contributed by atoms with Crippen LogP contribution in [-0.4, -0.2) is 31.0 Å². The molecular formula is C16H16N4OS. The minimum Gasteiger partial charge on any atom is -0.388 e. The van der Waals surface area contributed by atoms with Crippen LogP contribution in [0, 0.1) is 6.92 Å². The minimum atomic E-state index is -0.533. The molecule has 2 heterocycles. The average Bonchev–Trinajstić information content (AvgIpc) is 3.03. The second kappa shape index (κ2) is 6.72. The van der Waals surface area contributed by atoms with Crippen molar-refractivity contribution < 1.29 is 5.11 Å². The molecule has 0 spiro atoms. The van der Waals surface area contributed by atoms with Gasteiger partial charge in [0.05, 0.1) is 6.10 Å². The van der Waals surface area contributed by atoms with E-state index in [4.69, 9.17) is 0 Å². The summed E-state index contributed by atoms with van der Waals surface area (Å²) in [6.45, 7) is 2.00. The van der Waals surface area contributed by atoms with Gasteiger partial charge in [-0.3, -0.25) is 10.1 Å². The molecule has 3 aromatic rings. The summed E-state index contributed by atoms with van der Waals surface area (Å²) in [5.74, 6) is 1.22. The lowest BCUT2D eigenvalue weighted by atomic mass is 10.1. The molecule has 0 radical (unpaired) electrons. The molecule has 5 nitrogen and oxygen atoms in total. The zero-order chi connectivity index (χ0) is 15.4. The van der Waals surface area contributed by atoms with Crippen molar-refractivity contribution in [1.82, 2.24) is 20.2 Å². The zero-order valence-corrected chi connectivity index (χ0v) is 12.9. The molecule has 0 unspecified atom stereocenters. The van der Waals surface area contributed by atoms with Crippen LogP contribution in [0.5, 0.6) is 0 Å². The number of hydrogen-bond donors (Lipinski definition) is 2. The van der Waals surface area contributed by atoms with Crippen molar-refractivity contribution in [3.63, 3.8) is 0 Å². The highest BCUT2D eigenvalue weighted by Crippen LogP contribution is 2.25. The number of aromatic nitrogens is 4. The fraction of sp³-hybridized carbons (Fsp3) is 0.188. The Morgan fingerprint density at radius 2 is 1.95 bits per heavy atom. The standard InChI is InChI=1S/C16H16N4OS/c1-11-4-2-3-5-13(11)14(21)10-22-16-18-15(19-20-16)12-6-8-17-9-7-12/h2-9,14,21H,10H2,1H3,(H,18,19,20)/t14-/m1/s1. The van der Waals surface area contributed by atoms with E-state index in [1.807, 2.05) is 43.3 Å². The maximum atomic E-state index is 10.3. The van der Waals surface area contributed by atoms with Gasteiger partial charge in [-0.1, -0.05) is 36.0 Å². The van der Waals surface area contributed by atoms with Gasteiger partial charge in [0.2, 0.25) is 5.16 Å². The Hall–Kier alpha value is -2.18. The third-order valence-electron chi connectivity index (χ3n) is 3.34. The molecule has 6 heteroatoms. The van der Waals surface area contributed by atoms with E-state index < -0.39 is 6.10 Å². The number of H-pyrrole nitrogens is 1. The lowest BCUT2D eigenvalue weighted by Crippen LogP contribution is -2.02. The number of aliphatic hydroxyl groups is 1. The molecule has 0 saturated heterocycles. The maximum Gasteiger partial charge on any atom is 0.208 e. The van der Waals surface area contributed by atoms with Crippen LogP contribution < -0.4 is 0 Å². The van der Waals surface area contributed by atoms with Crippen molar-refractivity contribution in [3.8, 4) is 11.4 Å². The van der Waals surface area contributed by atoms with Gasteiger partial charge in [-0.05, 0) is 30.2 Å². The van der Waals surface area contributed by atoms with E-state index in [1.54, 1.807) is 12.4 Å². The van der Waals surface area contributed by atoms with E-state index >= 15 is 0 Å². The molecule has 22 heavy (non-hydrogen) atoms. The lowest BCUT2D eigenvalue weighted by Gasteiger charge is -2.11. The number of pyridine rings is 1. The second-order valence-corrected chi connectivity index (χ2v) is 5.87. The van der Waals surface area contributed by atoms with E-state index in [1.165, 1.54) is 11.8 Å². The number of hydrogen-bond acceptors (Lipinski definition) is 5. The van der Waals surface area contributed by atoms with Gasteiger partial charge < -0.3 is 5.11 Å². The summed E-state index contributed by atoms with van der Waals surface area (Å²) in [5, 5.41) is 18.0. The monoisotopic (exact) mass is 312 g/mol. The minimum absolute atomic E-state index is 0.512. The van der Waals surface area contributed by atoms with Crippen LogP contribution in [0.25, 0.3) is 11.4 Å². The van der Waals surface area contributed by atoms with Gasteiger partial charge >= 0.3 is 0 Å². The van der Waals surface area contributed by atoms with Crippen LogP contribution in [0.2, 0.25) is 0 Å². The first-order valence-electron chi connectivity index (χ1n) is 6.93. The summed E-state index contributed by atoms with van der Waals surface area (Å²) < 4.78 is 0. The molecule has 0 amide bonds. The number of thioether (sulfide) groups is 1. The van der Waals surface area contributed by atoms with E-state index in [0.717, 1.165) is 16.7 Å². The molecule has 0 fully saturated rings. The molecule has 3 rings (SSSR count). The smallest absolute Gasteiger partial charge is 0.208 e. The SMILES string of the molecule is Cc1ccccc1[C@H](O)CSc1n[nH]c(-c2ccncc2)n1. The largest absolute Gasteiger partial charge is 0.388 e. The van der Waals surface area contributed by atoms with Gasteiger partial charge in [-0.2, -0.15) is 0 Å². The molecule has 1 atom stereocenters. The summed E-state index contributed by atoms with van der Waals surface area (Å²) >= 11 is 1.43. The third-order valence-corrected chi connectivity index (χ3v) is 4.26. The first-order chi connectivity index (χ1) is 10.7. The number of aromatic amines is 1. The van der Waals surface area contributed by atoms with Gasteiger partial charge in [0.1, 0.15) is 0 Å². The van der Waals surface area contributed by atoms with Crippen molar-refractivity contribution in [1.29, 1.82) is 0 Å². The zero-order valence-electron chi connectivity index (χ0n) is 12.1. The molecular weight excluding hydrogens is 296 g/mol. The Bertz CT molecular complexity index is 745. The molecule has 0 bridgehead atoms. The molecule has 0 saturated carbocycles. The number of nitrogens with one attached hydrogen (secondary N) is 1. The molecule has 112 valence electrons. The highest BCUT2D eigenvalue weighted by molar-refractivity contribution is 7.99. The Morgan fingerprint density at radius 3 is 2.73 bits per heavy atom. The van der Waals surface area contributed by atoms with E-state index in [2.05, 4.69) is 20.2 Å². The molecule has 1 aromatic carbocycles. The highest BCUT2D eigenvalue weighted by atomic mass is 32.2. The van der Waals surface area contributed by atoms with E-state index in [9.17, 15) is 5.11 Å². The van der Waals surface area contributed by atoms with E-state index in [0.29, 0.717) is 16.7 Å². The van der Waals surface area contributed by atoms with Crippen molar-refractivity contribution >= 4 is 11.8 Å². The van der Waals surface area contributed by atoms with Gasteiger partial charge in [-0.15, -0.1) is 5.10 Å². The summed E-state index contributed by atoms with van der Waals surface area (Å²) in [4.78, 5) is 8.40. The first kappa shape index (κ1) is 14.7. The van der Waals surface area contributed by atoms with Gasteiger partial charge in [-0.25, -0.2) is 4.98 Å². The topological polar surface area (TPSA) is 74.7 Å². The number of aliphatic hydroxyl groups excluding tert-OH is 1. The third kappa shape index (κ3) is 3.35. The summed E-state index contributed by atoms with van der Waals surface area (Å²) in [5.41, 5.74) is 2.97. The van der Waals surface area contributed by atoms with Crippen LogP contribution in [0.3, 0.4) is 0 Å². The molecule has 0 aliphatic heterocycles. The first-order valence-corrected chi connectivity index (χ1v) is 7.92. The van der Waals surface area contributed by atoms with Crippen LogP contribution in [-0.2, 0) is 0 Å². The molecule has 0 aliphatic carbocycles. The fourth-order valence-electron chi connectivity index (χ4n) is 2.15. The number of nitrogens with zero attached hydrogens (tertiary/aromatic N) is 3. The quantitative estimate of drug-likeness (QED) is 0.708. The van der Waals surface area contributed by atoms with Crippen LogP contribution in [0.15, 0.2) is 53.9 Å². The Labute approximate surface area is 132 Å². The van der Waals surface area contributed by atoms with Gasteiger partial charge in [0.15, 0.2) is 5.82 Å². The molecule has 2 N–H and O–H groups in total. The predicted molar refractivity (Wildman–Crippen MR) is 86.5 cm³/mol. The number of rotatable bonds is 5. The highest BCUT2D eigenvalue weighted by Gasteiger charge is 2.12. The van der Waals surface area contributed by atoms with Gasteiger partial charge in [0, 0.05) is 23.7 Å². The van der Waals surface area contributed by atoms with Crippen LogP contribution in [0.4, 0.5) is 0 Å². The van der Waals surface area contributed by atoms with Crippen LogP contribution >= 0.6 is 11.8 Å². The lowest BCUT2D eigenvalue weighted by molar-refractivity contribution is 0.203. The average molecular weight is 312 g/mol. The predicted octanol–water partition coefficient (Wildman–Crippen LogP) is 3.00. The van der Waals surface area contributed by atoms with Crippen molar-refractivity contribution in [2.24, 2.45) is 0 Å². The van der Waals surface area contributed by atoms with Gasteiger partial charge in [0.25, 0.3) is 0 Å². The van der Waals surface area contributed by atoms with Crippen molar-refractivity contribution in [3.05, 3.63) is 59.9 Å². The summed E-state index contributed by atoms with van der Waals surface area (Å²) in [6, 6.07) is 11.6. The Balaban J connectivity index is 1.65. The van der Waals surface area contributed by atoms with Crippen molar-refractivity contribution in [2.45, 2.75) is 18.2 Å². The molecule has 0 aliphatic rings. The second-order valence-electron chi connectivity index (χ2n) is 4.89. The molecule has 2 aromatic heterocycles.